The number of aldehydes is 1. The van der Waals surface area contributed by atoms with Crippen LogP contribution in [-0.4, -0.2) is 16.5 Å². The number of benzene rings is 2. The average molecular weight is 262 g/mol. The Labute approximate surface area is 108 Å². The number of carbonyl (C=O) groups excluding carboxylic acids is 1. The highest BCUT2D eigenvalue weighted by molar-refractivity contribution is 5.79. The van der Waals surface area contributed by atoms with Gasteiger partial charge >= 0.3 is 0 Å². The van der Waals surface area contributed by atoms with E-state index in [2.05, 4.69) is 0 Å². The van der Waals surface area contributed by atoms with Crippen LogP contribution in [0.25, 0.3) is 0 Å². The van der Waals surface area contributed by atoms with Gasteiger partial charge in [0.1, 0.15) is 12.4 Å². The number of hydrogen-bond acceptors (Lipinski definition) is 4. The molecule has 19 heavy (non-hydrogen) atoms. The summed E-state index contributed by atoms with van der Waals surface area (Å²) < 4.78 is 18.6. The number of ether oxygens (including phenoxy) is 1. The number of rotatable bonds is 4. The molecule has 2 aromatic rings. The van der Waals surface area contributed by atoms with E-state index >= 15 is 0 Å². The van der Waals surface area contributed by atoms with E-state index < -0.39 is 17.3 Å². The third-order valence-corrected chi connectivity index (χ3v) is 2.54. The number of phenolic OH excluding ortho intramolecular Hbond substituents is 2. The molecule has 0 unspecified atom stereocenters. The van der Waals surface area contributed by atoms with Gasteiger partial charge in [-0.15, -0.1) is 0 Å². The van der Waals surface area contributed by atoms with Crippen molar-refractivity contribution in [3.63, 3.8) is 0 Å². The minimum absolute atomic E-state index is 0.0321. The first-order valence-electron chi connectivity index (χ1n) is 5.49. The van der Waals surface area contributed by atoms with Gasteiger partial charge in [-0.3, -0.25) is 4.79 Å². The lowest BCUT2D eigenvalue weighted by atomic mass is 10.2. The fourth-order valence-electron chi connectivity index (χ4n) is 1.59. The number of aromatic hydroxyl groups is 2. The minimum atomic E-state index is -0.928. The van der Waals surface area contributed by atoms with E-state index in [1.54, 1.807) is 24.3 Å². The first-order chi connectivity index (χ1) is 9.11. The molecular weight excluding hydrogens is 251 g/mol. The smallest absolute Gasteiger partial charge is 0.194 e. The molecule has 0 heterocycles. The second kappa shape index (κ2) is 5.39. The first kappa shape index (κ1) is 12.9. The normalized spacial score (nSPS) is 10.2. The Balaban J connectivity index is 2.17. The van der Waals surface area contributed by atoms with Crippen LogP contribution < -0.4 is 4.74 Å². The zero-order valence-corrected chi connectivity index (χ0v) is 9.84. The van der Waals surface area contributed by atoms with Crippen LogP contribution in [0.3, 0.4) is 0 Å². The standard InChI is InChI=1S/C14H11FO4/c15-11-5-9(6-12(17)14(11)18)8-19-13-4-2-1-3-10(13)7-16/h1-7,17-18H,8H2. The molecule has 0 saturated carbocycles. The van der Waals surface area contributed by atoms with Gasteiger partial charge < -0.3 is 14.9 Å². The molecule has 0 aliphatic carbocycles. The molecule has 0 spiro atoms. The summed E-state index contributed by atoms with van der Waals surface area (Å²) >= 11 is 0. The minimum Gasteiger partial charge on any atom is -0.504 e. The monoisotopic (exact) mass is 262 g/mol. The fraction of sp³-hybridized carbons (Fsp3) is 0.0714. The van der Waals surface area contributed by atoms with E-state index in [9.17, 15) is 14.3 Å². The van der Waals surface area contributed by atoms with Gasteiger partial charge in [0, 0.05) is 0 Å². The Hall–Kier alpha value is -2.56. The van der Waals surface area contributed by atoms with E-state index in [0.29, 0.717) is 23.2 Å². The SMILES string of the molecule is O=Cc1ccccc1OCc1cc(O)c(O)c(F)c1. The van der Waals surface area contributed by atoms with Crippen molar-refractivity contribution in [3.05, 3.63) is 53.3 Å². The summed E-state index contributed by atoms with van der Waals surface area (Å²) in [5.41, 5.74) is 0.722. The molecule has 5 heteroatoms. The molecule has 0 aliphatic heterocycles. The Morgan fingerprint density at radius 2 is 1.95 bits per heavy atom. The van der Waals surface area contributed by atoms with E-state index in [0.717, 1.165) is 6.07 Å². The summed E-state index contributed by atoms with van der Waals surface area (Å²) in [4.78, 5) is 10.8. The van der Waals surface area contributed by atoms with Crippen LogP contribution in [0, 0.1) is 5.82 Å². The maximum atomic E-state index is 13.2. The molecule has 0 aromatic heterocycles. The number of para-hydroxylation sites is 1. The van der Waals surface area contributed by atoms with Crippen LogP contribution in [0.1, 0.15) is 15.9 Å². The topological polar surface area (TPSA) is 66.8 Å². The lowest BCUT2D eigenvalue weighted by Crippen LogP contribution is -1.98. The van der Waals surface area contributed by atoms with Crippen molar-refractivity contribution in [3.8, 4) is 17.2 Å². The van der Waals surface area contributed by atoms with Crippen molar-refractivity contribution >= 4 is 6.29 Å². The highest BCUT2D eigenvalue weighted by Crippen LogP contribution is 2.29. The second-order valence-corrected chi connectivity index (χ2v) is 3.89. The molecule has 0 saturated heterocycles. The summed E-state index contributed by atoms with van der Waals surface area (Å²) in [6.07, 6.45) is 0.657. The summed E-state index contributed by atoms with van der Waals surface area (Å²) in [7, 11) is 0. The number of halogens is 1. The van der Waals surface area contributed by atoms with Crippen molar-refractivity contribution < 1.29 is 24.1 Å². The average Bonchev–Trinajstić information content (AvgIpc) is 2.42. The van der Waals surface area contributed by atoms with E-state index in [1.165, 1.54) is 6.07 Å². The van der Waals surface area contributed by atoms with Crippen molar-refractivity contribution in [1.82, 2.24) is 0 Å². The predicted molar refractivity (Wildman–Crippen MR) is 65.9 cm³/mol. The van der Waals surface area contributed by atoms with Crippen LogP contribution >= 0.6 is 0 Å². The molecule has 2 rings (SSSR count). The summed E-state index contributed by atoms with van der Waals surface area (Å²) in [5, 5.41) is 18.4. The summed E-state index contributed by atoms with van der Waals surface area (Å²) in [5.74, 6) is -1.91. The maximum absolute atomic E-state index is 13.2. The predicted octanol–water partition coefficient (Wildman–Crippen LogP) is 2.63. The molecule has 0 atom stereocenters. The molecule has 4 nitrogen and oxygen atoms in total. The summed E-state index contributed by atoms with van der Waals surface area (Å²) in [6, 6.07) is 8.86. The van der Waals surface area contributed by atoms with E-state index in [-0.39, 0.29) is 6.61 Å². The van der Waals surface area contributed by atoms with E-state index in [1.807, 2.05) is 0 Å². The van der Waals surface area contributed by atoms with Crippen molar-refractivity contribution in [1.29, 1.82) is 0 Å². The van der Waals surface area contributed by atoms with Gasteiger partial charge in [0.25, 0.3) is 0 Å². The van der Waals surface area contributed by atoms with Crippen LogP contribution in [0.5, 0.6) is 17.2 Å². The van der Waals surface area contributed by atoms with Crippen LogP contribution in [0.15, 0.2) is 36.4 Å². The molecule has 0 fully saturated rings. The van der Waals surface area contributed by atoms with E-state index in [4.69, 9.17) is 9.84 Å². The van der Waals surface area contributed by atoms with Crippen LogP contribution in [0.2, 0.25) is 0 Å². The van der Waals surface area contributed by atoms with Crippen LogP contribution in [-0.2, 0) is 6.61 Å². The largest absolute Gasteiger partial charge is 0.504 e. The quantitative estimate of drug-likeness (QED) is 0.656. The molecule has 0 aliphatic rings. The molecule has 0 amide bonds. The number of carbonyl (C=O) groups is 1. The number of hydrogen-bond donors (Lipinski definition) is 2. The van der Waals surface area contributed by atoms with Gasteiger partial charge in [-0.1, -0.05) is 12.1 Å². The lowest BCUT2D eigenvalue weighted by molar-refractivity contribution is 0.111. The van der Waals surface area contributed by atoms with Gasteiger partial charge in [-0.05, 0) is 29.8 Å². The Bertz CT molecular complexity index is 587. The third-order valence-electron chi connectivity index (χ3n) is 2.54. The zero-order valence-electron chi connectivity index (χ0n) is 9.84. The van der Waals surface area contributed by atoms with Gasteiger partial charge in [-0.25, -0.2) is 4.39 Å². The zero-order chi connectivity index (χ0) is 13.8. The third kappa shape index (κ3) is 2.82. The van der Waals surface area contributed by atoms with Crippen molar-refractivity contribution in [2.75, 3.05) is 0 Å². The highest BCUT2D eigenvalue weighted by atomic mass is 19.1. The molecule has 2 N–H and O–H groups in total. The van der Waals surface area contributed by atoms with Crippen molar-refractivity contribution in [2.45, 2.75) is 6.61 Å². The van der Waals surface area contributed by atoms with Gasteiger partial charge in [0.15, 0.2) is 23.6 Å². The summed E-state index contributed by atoms with van der Waals surface area (Å²) in [6.45, 7) is -0.0321. The lowest BCUT2D eigenvalue weighted by Gasteiger charge is -2.09. The Kier molecular flexibility index (Phi) is 3.66. The molecule has 2 aromatic carbocycles. The first-order valence-corrected chi connectivity index (χ1v) is 5.49. The molecule has 0 bridgehead atoms. The Morgan fingerprint density at radius 3 is 2.63 bits per heavy atom. The van der Waals surface area contributed by atoms with Gasteiger partial charge in [0.2, 0.25) is 0 Å². The van der Waals surface area contributed by atoms with Gasteiger partial charge in [0.05, 0.1) is 5.56 Å². The maximum Gasteiger partial charge on any atom is 0.194 e. The second-order valence-electron chi connectivity index (χ2n) is 3.89. The molecule has 0 radical (unpaired) electrons. The number of phenols is 2. The fourth-order valence-corrected chi connectivity index (χ4v) is 1.59. The van der Waals surface area contributed by atoms with Gasteiger partial charge in [-0.2, -0.15) is 0 Å². The highest BCUT2D eigenvalue weighted by Gasteiger charge is 2.09. The van der Waals surface area contributed by atoms with Crippen molar-refractivity contribution in [2.24, 2.45) is 0 Å². The Morgan fingerprint density at radius 1 is 1.21 bits per heavy atom. The molecular formula is C14H11FO4. The van der Waals surface area contributed by atoms with Crippen LogP contribution in [0.4, 0.5) is 4.39 Å². The molecule has 98 valence electrons.